The molecule has 4 aromatic heterocycles. The highest BCUT2D eigenvalue weighted by Gasteiger charge is 2.40. The zero-order valence-corrected chi connectivity index (χ0v) is 20.3. The number of amides is 2. The Labute approximate surface area is 205 Å². The van der Waals surface area contributed by atoms with Crippen molar-refractivity contribution in [1.29, 1.82) is 0 Å². The van der Waals surface area contributed by atoms with Crippen LogP contribution in [0.5, 0.6) is 11.9 Å². The van der Waals surface area contributed by atoms with Crippen LogP contribution in [-0.4, -0.2) is 57.5 Å². The summed E-state index contributed by atoms with van der Waals surface area (Å²) in [6, 6.07) is 8.02. The van der Waals surface area contributed by atoms with Crippen molar-refractivity contribution >= 4 is 45.3 Å². The third-order valence-corrected chi connectivity index (χ3v) is 6.91. The lowest BCUT2D eigenvalue weighted by atomic mass is 9.97. The summed E-state index contributed by atoms with van der Waals surface area (Å²) in [5, 5.41) is 2.87. The standard InChI is InChI=1S/C25H23N5O4S/c1-29-23(31)19(17-13-27-25(34-3)28-22(17)33-2)20(24(29)32)18-14-30(21-16(18)9-4-10-26-21)11-5-7-15-8-6-12-35-15/h4,6,8-10,12-14H,5,7,11H2,1-3H3. The van der Waals surface area contributed by atoms with Gasteiger partial charge in [0.15, 0.2) is 0 Å². The van der Waals surface area contributed by atoms with Crippen LogP contribution in [0.4, 0.5) is 0 Å². The monoisotopic (exact) mass is 489 g/mol. The maximum Gasteiger partial charge on any atom is 0.319 e. The van der Waals surface area contributed by atoms with E-state index >= 15 is 0 Å². The fourth-order valence-electron chi connectivity index (χ4n) is 4.29. The van der Waals surface area contributed by atoms with Gasteiger partial charge in [0.05, 0.1) is 30.9 Å². The van der Waals surface area contributed by atoms with Crippen LogP contribution in [0.1, 0.15) is 22.4 Å². The van der Waals surface area contributed by atoms with Gasteiger partial charge in [0.2, 0.25) is 5.88 Å². The molecule has 5 rings (SSSR count). The second kappa shape index (κ2) is 9.30. The quantitative estimate of drug-likeness (QED) is 0.350. The molecule has 0 N–H and O–H groups in total. The summed E-state index contributed by atoms with van der Waals surface area (Å²) in [6.45, 7) is 0.723. The number of carbonyl (C=O) groups excluding carboxylic acids is 2. The van der Waals surface area contributed by atoms with Crippen LogP contribution in [0, 0.1) is 0 Å². The first kappa shape index (κ1) is 22.7. The average molecular weight is 490 g/mol. The van der Waals surface area contributed by atoms with Crippen LogP contribution in [0.25, 0.3) is 22.2 Å². The predicted octanol–water partition coefficient (Wildman–Crippen LogP) is 3.45. The van der Waals surface area contributed by atoms with E-state index in [4.69, 9.17) is 9.47 Å². The van der Waals surface area contributed by atoms with Crippen molar-refractivity contribution in [3.63, 3.8) is 0 Å². The number of aromatic nitrogens is 4. The smallest absolute Gasteiger partial charge is 0.319 e. The van der Waals surface area contributed by atoms with Crippen molar-refractivity contribution in [3.05, 3.63) is 64.2 Å². The van der Waals surface area contributed by atoms with Crippen molar-refractivity contribution in [2.24, 2.45) is 0 Å². The van der Waals surface area contributed by atoms with Crippen molar-refractivity contribution in [2.75, 3.05) is 21.3 Å². The Bertz CT molecular complexity index is 1460. The number of nitrogens with zero attached hydrogens (tertiary/aromatic N) is 5. The highest BCUT2D eigenvalue weighted by atomic mass is 32.1. The molecule has 9 nitrogen and oxygen atoms in total. The summed E-state index contributed by atoms with van der Waals surface area (Å²) in [5.74, 6) is -0.692. The van der Waals surface area contributed by atoms with E-state index in [0.717, 1.165) is 35.3 Å². The Morgan fingerprint density at radius 3 is 2.51 bits per heavy atom. The Hall–Kier alpha value is -4.05. The van der Waals surface area contributed by atoms with Gasteiger partial charge >= 0.3 is 6.01 Å². The van der Waals surface area contributed by atoms with Gasteiger partial charge in [0.25, 0.3) is 11.8 Å². The third-order valence-electron chi connectivity index (χ3n) is 5.97. The maximum atomic E-state index is 13.4. The Morgan fingerprint density at radius 2 is 1.80 bits per heavy atom. The SMILES string of the molecule is COc1ncc(C2=C(c3cn(CCCc4cccs4)c4ncccc34)C(=O)N(C)C2=O)c(OC)n1. The van der Waals surface area contributed by atoms with Crippen LogP contribution in [0.3, 0.4) is 0 Å². The second-order valence-corrected chi connectivity index (χ2v) is 9.02. The van der Waals surface area contributed by atoms with Crippen molar-refractivity contribution in [2.45, 2.75) is 19.4 Å². The zero-order chi connectivity index (χ0) is 24.5. The van der Waals surface area contributed by atoms with Gasteiger partial charge in [0.1, 0.15) is 5.65 Å². The maximum absolute atomic E-state index is 13.4. The molecule has 0 bridgehead atoms. The fourth-order valence-corrected chi connectivity index (χ4v) is 5.04. The largest absolute Gasteiger partial charge is 0.480 e. The molecule has 1 aliphatic rings. The van der Waals surface area contributed by atoms with Gasteiger partial charge < -0.3 is 14.0 Å². The number of carbonyl (C=O) groups is 2. The van der Waals surface area contributed by atoms with Crippen LogP contribution in [0.2, 0.25) is 0 Å². The average Bonchev–Trinajstić information content (AvgIpc) is 3.58. The van der Waals surface area contributed by atoms with E-state index in [9.17, 15) is 9.59 Å². The number of pyridine rings is 1. The number of fused-ring (bicyclic) bond motifs is 1. The fraction of sp³-hybridized carbons (Fsp3) is 0.240. The lowest BCUT2D eigenvalue weighted by Crippen LogP contribution is -2.26. The lowest BCUT2D eigenvalue weighted by Gasteiger charge is -2.10. The molecule has 4 aromatic rings. The number of hydrogen-bond acceptors (Lipinski definition) is 8. The van der Waals surface area contributed by atoms with Gasteiger partial charge in [-0.15, -0.1) is 11.3 Å². The van der Waals surface area contributed by atoms with Crippen LogP contribution >= 0.6 is 11.3 Å². The summed E-state index contributed by atoms with van der Waals surface area (Å²) in [4.78, 5) is 42.0. The molecule has 2 amide bonds. The summed E-state index contributed by atoms with van der Waals surface area (Å²) in [7, 11) is 4.35. The summed E-state index contributed by atoms with van der Waals surface area (Å²) < 4.78 is 12.6. The molecular formula is C25H23N5O4S. The first-order chi connectivity index (χ1) is 17.0. The van der Waals surface area contributed by atoms with Crippen LogP contribution in [-0.2, 0) is 22.6 Å². The molecule has 5 heterocycles. The van der Waals surface area contributed by atoms with Gasteiger partial charge in [-0.25, -0.2) is 9.97 Å². The molecule has 0 aliphatic carbocycles. The molecule has 35 heavy (non-hydrogen) atoms. The molecule has 1 aliphatic heterocycles. The normalized spacial score (nSPS) is 13.9. The van der Waals surface area contributed by atoms with E-state index in [-0.39, 0.29) is 23.0 Å². The molecule has 0 spiro atoms. The molecule has 0 radical (unpaired) electrons. The minimum Gasteiger partial charge on any atom is -0.480 e. The third kappa shape index (κ3) is 3.95. The van der Waals surface area contributed by atoms with Gasteiger partial charge in [-0.3, -0.25) is 14.5 Å². The van der Waals surface area contributed by atoms with Crippen LogP contribution < -0.4 is 9.47 Å². The van der Waals surface area contributed by atoms with Gasteiger partial charge in [-0.1, -0.05) is 6.07 Å². The van der Waals surface area contributed by atoms with E-state index < -0.39 is 11.8 Å². The van der Waals surface area contributed by atoms with Crippen molar-refractivity contribution in [1.82, 2.24) is 24.4 Å². The van der Waals surface area contributed by atoms with E-state index in [2.05, 4.69) is 32.5 Å². The predicted molar refractivity (Wildman–Crippen MR) is 132 cm³/mol. The molecule has 0 unspecified atom stereocenters. The molecule has 0 fully saturated rings. The number of hydrogen-bond donors (Lipinski definition) is 0. The molecular weight excluding hydrogens is 466 g/mol. The van der Waals surface area contributed by atoms with E-state index in [1.54, 1.807) is 17.5 Å². The van der Waals surface area contributed by atoms with Gasteiger partial charge in [0, 0.05) is 48.0 Å². The number of ether oxygens (including phenoxy) is 2. The van der Waals surface area contributed by atoms with E-state index in [0.29, 0.717) is 11.1 Å². The van der Waals surface area contributed by atoms with E-state index in [1.807, 2.05) is 22.9 Å². The second-order valence-electron chi connectivity index (χ2n) is 7.99. The molecule has 10 heteroatoms. The van der Waals surface area contributed by atoms with Crippen molar-refractivity contribution in [3.8, 4) is 11.9 Å². The molecule has 0 saturated carbocycles. The number of methoxy groups -OCH3 is 2. The summed E-state index contributed by atoms with van der Waals surface area (Å²) in [6.07, 6.45) is 6.95. The first-order valence-electron chi connectivity index (χ1n) is 11.0. The summed E-state index contributed by atoms with van der Waals surface area (Å²) >= 11 is 1.74. The zero-order valence-electron chi connectivity index (χ0n) is 19.5. The minimum atomic E-state index is -0.445. The first-order valence-corrected chi connectivity index (χ1v) is 11.9. The lowest BCUT2D eigenvalue weighted by molar-refractivity contribution is -0.134. The topological polar surface area (TPSA) is 99.4 Å². The molecule has 0 atom stereocenters. The van der Waals surface area contributed by atoms with Crippen molar-refractivity contribution < 1.29 is 19.1 Å². The summed E-state index contributed by atoms with van der Waals surface area (Å²) in [5.41, 5.74) is 2.19. The Morgan fingerprint density at radius 1 is 1.00 bits per heavy atom. The van der Waals surface area contributed by atoms with Gasteiger partial charge in [-0.2, -0.15) is 4.98 Å². The Kier molecular flexibility index (Phi) is 6.04. The minimum absolute atomic E-state index is 0.101. The Balaban J connectivity index is 1.64. The number of aryl methyl sites for hydroxylation is 2. The van der Waals surface area contributed by atoms with Crippen LogP contribution in [0.15, 0.2) is 48.2 Å². The number of likely N-dealkylation sites (N-methyl/N-ethyl adjacent to an activating group) is 1. The number of imide groups is 1. The molecule has 178 valence electrons. The highest BCUT2D eigenvalue weighted by molar-refractivity contribution is 7.09. The van der Waals surface area contributed by atoms with Gasteiger partial charge in [-0.05, 0) is 36.4 Å². The molecule has 0 aromatic carbocycles. The highest BCUT2D eigenvalue weighted by Crippen LogP contribution is 2.40. The number of rotatable bonds is 8. The van der Waals surface area contributed by atoms with E-state index in [1.165, 1.54) is 32.3 Å². The molecule has 0 saturated heterocycles. The number of thiophene rings is 1.